The predicted molar refractivity (Wildman–Crippen MR) is 96.1 cm³/mol. The van der Waals surface area contributed by atoms with Crippen molar-refractivity contribution in [1.82, 2.24) is 0 Å². The molecule has 0 saturated heterocycles. The van der Waals surface area contributed by atoms with Gasteiger partial charge >= 0.3 is 5.69 Å². The first-order chi connectivity index (χ1) is 11.9. The molecule has 128 valence electrons. The van der Waals surface area contributed by atoms with Crippen LogP contribution in [0.15, 0.2) is 30.3 Å². The number of hydrogen-bond donors (Lipinski definition) is 0. The summed E-state index contributed by atoms with van der Waals surface area (Å²) in [6.07, 6.45) is 1.48. The van der Waals surface area contributed by atoms with Crippen molar-refractivity contribution in [2.24, 2.45) is 0 Å². The van der Waals surface area contributed by atoms with Gasteiger partial charge in [0.1, 0.15) is 5.75 Å². The highest BCUT2D eigenvalue weighted by molar-refractivity contribution is 6.42. The second kappa shape index (κ2) is 7.88. The van der Waals surface area contributed by atoms with Crippen molar-refractivity contribution in [2.75, 3.05) is 14.2 Å². The van der Waals surface area contributed by atoms with E-state index >= 15 is 0 Å². The van der Waals surface area contributed by atoms with Crippen molar-refractivity contribution in [3.8, 4) is 17.6 Å². The highest BCUT2D eigenvalue weighted by Crippen LogP contribution is 2.36. The van der Waals surface area contributed by atoms with Crippen molar-refractivity contribution < 1.29 is 14.4 Å². The monoisotopic (exact) mass is 378 g/mol. The maximum absolute atomic E-state index is 11.2. The van der Waals surface area contributed by atoms with Gasteiger partial charge in [-0.15, -0.1) is 0 Å². The van der Waals surface area contributed by atoms with Gasteiger partial charge in [0.25, 0.3) is 0 Å². The molecule has 25 heavy (non-hydrogen) atoms. The quantitative estimate of drug-likeness (QED) is 0.316. The Morgan fingerprint density at radius 1 is 1.16 bits per heavy atom. The summed E-state index contributed by atoms with van der Waals surface area (Å²) < 4.78 is 10.3. The van der Waals surface area contributed by atoms with Gasteiger partial charge in [0.2, 0.25) is 5.75 Å². The molecule has 0 aliphatic rings. The molecule has 0 bridgehead atoms. The molecule has 0 amide bonds. The number of nitrogens with zero attached hydrogens (tertiary/aromatic N) is 2. The Bertz CT molecular complexity index is 904. The summed E-state index contributed by atoms with van der Waals surface area (Å²) in [6, 6.07) is 9.47. The molecular formula is C17H12Cl2N2O4. The van der Waals surface area contributed by atoms with Crippen LogP contribution in [0.1, 0.15) is 11.1 Å². The number of hydrogen-bond acceptors (Lipinski definition) is 5. The maximum Gasteiger partial charge on any atom is 0.311 e. The fourth-order valence-electron chi connectivity index (χ4n) is 2.16. The van der Waals surface area contributed by atoms with E-state index in [1.54, 1.807) is 18.2 Å². The molecule has 0 radical (unpaired) electrons. The van der Waals surface area contributed by atoms with Gasteiger partial charge in [-0.25, -0.2) is 0 Å². The molecule has 0 N–H and O–H groups in total. The Labute approximate surface area is 154 Å². The van der Waals surface area contributed by atoms with Gasteiger partial charge in [-0.3, -0.25) is 10.1 Å². The highest BCUT2D eigenvalue weighted by atomic mass is 35.5. The van der Waals surface area contributed by atoms with Gasteiger partial charge in [0, 0.05) is 17.7 Å². The van der Waals surface area contributed by atoms with Gasteiger partial charge < -0.3 is 9.47 Å². The molecular weight excluding hydrogens is 367 g/mol. The fourth-order valence-corrected chi connectivity index (χ4v) is 2.46. The summed E-state index contributed by atoms with van der Waals surface area (Å²) >= 11 is 11.9. The van der Waals surface area contributed by atoms with Crippen LogP contribution in [0.5, 0.6) is 11.5 Å². The van der Waals surface area contributed by atoms with E-state index in [-0.39, 0.29) is 17.0 Å². The zero-order valence-electron chi connectivity index (χ0n) is 13.2. The summed E-state index contributed by atoms with van der Waals surface area (Å²) in [7, 11) is 2.75. The summed E-state index contributed by atoms with van der Waals surface area (Å²) in [6.45, 7) is 0. The number of nitro groups is 1. The summed E-state index contributed by atoms with van der Waals surface area (Å²) in [5.74, 6) is 0.391. The lowest BCUT2D eigenvalue weighted by atomic mass is 10.0. The second-order valence-electron chi connectivity index (χ2n) is 4.82. The van der Waals surface area contributed by atoms with Crippen LogP contribution in [0.3, 0.4) is 0 Å². The van der Waals surface area contributed by atoms with E-state index in [1.165, 1.54) is 32.4 Å². The van der Waals surface area contributed by atoms with Crippen LogP contribution in [-0.4, -0.2) is 19.1 Å². The number of nitro benzene ring substituents is 1. The van der Waals surface area contributed by atoms with Crippen LogP contribution >= 0.6 is 23.2 Å². The average molecular weight is 379 g/mol. The number of nitriles is 1. The molecule has 0 aliphatic heterocycles. The van der Waals surface area contributed by atoms with E-state index < -0.39 is 4.92 Å². The number of methoxy groups -OCH3 is 2. The van der Waals surface area contributed by atoms with E-state index in [0.717, 1.165) is 0 Å². The molecule has 2 aromatic carbocycles. The Kier molecular flexibility index (Phi) is 5.86. The standard InChI is InChI=1S/C17H12Cl2N2O4/c1-24-16-8-17(25-2)15(21(22)23)7-11(16)5-12(9-20)10-3-4-13(18)14(19)6-10/h3-8H,1-2H3/b12-5-. The minimum absolute atomic E-state index is 0.0621. The van der Waals surface area contributed by atoms with E-state index in [0.29, 0.717) is 26.9 Å². The normalized spacial score (nSPS) is 10.9. The third kappa shape index (κ3) is 4.02. The Hall–Kier alpha value is -2.75. The van der Waals surface area contributed by atoms with Crippen molar-refractivity contribution in [3.05, 3.63) is 61.6 Å². The topological polar surface area (TPSA) is 85.4 Å². The second-order valence-corrected chi connectivity index (χ2v) is 5.64. The first-order valence-corrected chi connectivity index (χ1v) is 7.64. The molecule has 8 heteroatoms. The van der Waals surface area contributed by atoms with E-state index in [4.69, 9.17) is 32.7 Å². The number of benzene rings is 2. The first-order valence-electron chi connectivity index (χ1n) is 6.89. The van der Waals surface area contributed by atoms with Gasteiger partial charge in [0.05, 0.1) is 40.8 Å². The first kappa shape index (κ1) is 18.6. The molecule has 0 unspecified atom stereocenters. The molecule has 2 rings (SSSR count). The molecule has 0 aliphatic carbocycles. The minimum atomic E-state index is -0.569. The molecule has 2 aromatic rings. The van der Waals surface area contributed by atoms with Crippen LogP contribution in [0.4, 0.5) is 5.69 Å². The molecule has 0 heterocycles. The van der Waals surface area contributed by atoms with Gasteiger partial charge in [-0.05, 0) is 23.8 Å². The van der Waals surface area contributed by atoms with Crippen molar-refractivity contribution in [2.45, 2.75) is 0 Å². The Morgan fingerprint density at radius 3 is 2.36 bits per heavy atom. The summed E-state index contributed by atoms with van der Waals surface area (Å²) in [4.78, 5) is 10.6. The van der Waals surface area contributed by atoms with Crippen molar-refractivity contribution >= 4 is 40.5 Å². The van der Waals surface area contributed by atoms with Gasteiger partial charge in [-0.1, -0.05) is 29.3 Å². The molecule has 0 aromatic heterocycles. The van der Waals surface area contributed by atoms with Crippen LogP contribution in [0, 0.1) is 21.4 Å². The number of halogens is 2. The zero-order chi connectivity index (χ0) is 18.6. The number of ether oxygens (including phenoxy) is 2. The minimum Gasteiger partial charge on any atom is -0.496 e. The molecule has 0 atom stereocenters. The average Bonchev–Trinajstić information content (AvgIpc) is 2.61. The summed E-state index contributed by atoms with van der Waals surface area (Å²) in [5, 5.41) is 21.3. The smallest absolute Gasteiger partial charge is 0.311 e. The zero-order valence-corrected chi connectivity index (χ0v) is 14.8. The fraction of sp³-hybridized carbons (Fsp3) is 0.118. The highest BCUT2D eigenvalue weighted by Gasteiger charge is 2.19. The number of rotatable bonds is 5. The van der Waals surface area contributed by atoms with Gasteiger partial charge in [-0.2, -0.15) is 5.26 Å². The van der Waals surface area contributed by atoms with Gasteiger partial charge in [0.15, 0.2) is 0 Å². The van der Waals surface area contributed by atoms with Crippen LogP contribution < -0.4 is 9.47 Å². The van der Waals surface area contributed by atoms with Crippen LogP contribution in [0.25, 0.3) is 11.6 Å². The molecule has 6 nitrogen and oxygen atoms in total. The van der Waals surface area contributed by atoms with Crippen LogP contribution in [0.2, 0.25) is 10.0 Å². The SMILES string of the molecule is COc1cc(OC)c([N+](=O)[O-])cc1/C=C(/C#N)c1ccc(Cl)c(Cl)c1. The van der Waals surface area contributed by atoms with E-state index in [9.17, 15) is 15.4 Å². The summed E-state index contributed by atoms with van der Waals surface area (Å²) in [5.41, 5.74) is 0.896. The largest absolute Gasteiger partial charge is 0.496 e. The van der Waals surface area contributed by atoms with Crippen molar-refractivity contribution in [3.63, 3.8) is 0 Å². The van der Waals surface area contributed by atoms with Crippen LogP contribution in [-0.2, 0) is 0 Å². The molecule has 0 saturated carbocycles. The lowest BCUT2D eigenvalue weighted by molar-refractivity contribution is -0.385. The lowest BCUT2D eigenvalue weighted by Gasteiger charge is -2.09. The third-order valence-electron chi connectivity index (χ3n) is 3.38. The molecule has 0 fully saturated rings. The Morgan fingerprint density at radius 2 is 1.84 bits per heavy atom. The van der Waals surface area contributed by atoms with E-state index in [1.807, 2.05) is 6.07 Å². The lowest BCUT2D eigenvalue weighted by Crippen LogP contribution is -1.97. The Balaban J connectivity index is 2.64. The third-order valence-corrected chi connectivity index (χ3v) is 4.12. The molecule has 0 spiro atoms. The predicted octanol–water partition coefficient (Wildman–Crippen LogP) is 4.98. The number of allylic oxidation sites excluding steroid dienone is 1. The maximum atomic E-state index is 11.2. The van der Waals surface area contributed by atoms with E-state index in [2.05, 4.69) is 0 Å². The van der Waals surface area contributed by atoms with Crippen molar-refractivity contribution in [1.29, 1.82) is 5.26 Å².